The summed E-state index contributed by atoms with van der Waals surface area (Å²) in [5.74, 6) is 1.04. The van der Waals surface area contributed by atoms with Crippen LogP contribution in [-0.2, 0) is 0 Å². The van der Waals surface area contributed by atoms with E-state index in [1.807, 2.05) is 37.3 Å². The number of aromatic amines is 1. The fourth-order valence-electron chi connectivity index (χ4n) is 2.57. The molecule has 6 heteroatoms. The Morgan fingerprint density at radius 3 is 2.54 bits per heavy atom. The van der Waals surface area contributed by atoms with E-state index in [0.717, 1.165) is 23.7 Å². The average Bonchev–Trinajstić information content (AvgIpc) is 3.10. The summed E-state index contributed by atoms with van der Waals surface area (Å²) < 4.78 is 11.5. The normalized spacial score (nSPS) is 10.7. The van der Waals surface area contributed by atoms with Crippen LogP contribution >= 0.6 is 0 Å². The van der Waals surface area contributed by atoms with Crippen LogP contribution in [-0.4, -0.2) is 29.3 Å². The van der Waals surface area contributed by atoms with E-state index in [2.05, 4.69) is 22.4 Å². The topological polar surface area (TPSA) is 76.2 Å². The first-order chi connectivity index (χ1) is 12.7. The standard InChI is InChI=1S/C20H23N3O3/c1-3-11-25-17-10-9-14(13-18(17)26-12-4-2)21-20(24)19-15-7-5-6-8-16(15)22-23-19/h5-10,13H,3-4,11-12H2,1-2H3,(H,21,24)(H,22,23). The van der Waals surface area contributed by atoms with E-state index < -0.39 is 0 Å². The summed E-state index contributed by atoms with van der Waals surface area (Å²) in [4.78, 5) is 12.6. The number of nitrogens with zero attached hydrogens (tertiary/aromatic N) is 1. The van der Waals surface area contributed by atoms with Gasteiger partial charge in [-0.2, -0.15) is 5.10 Å². The number of rotatable bonds is 8. The molecule has 2 aromatic carbocycles. The minimum Gasteiger partial charge on any atom is -0.490 e. The molecule has 1 heterocycles. The molecule has 136 valence electrons. The van der Waals surface area contributed by atoms with Gasteiger partial charge in [-0.05, 0) is 31.0 Å². The lowest BCUT2D eigenvalue weighted by atomic mass is 10.2. The second-order valence-corrected chi connectivity index (χ2v) is 5.93. The van der Waals surface area contributed by atoms with Crippen molar-refractivity contribution in [2.24, 2.45) is 0 Å². The highest BCUT2D eigenvalue weighted by molar-refractivity contribution is 6.11. The number of carbonyl (C=O) groups is 1. The Hall–Kier alpha value is -3.02. The number of hydrogen-bond donors (Lipinski definition) is 2. The molecular weight excluding hydrogens is 330 g/mol. The number of benzene rings is 2. The molecule has 0 aliphatic rings. The number of H-pyrrole nitrogens is 1. The Morgan fingerprint density at radius 1 is 1.04 bits per heavy atom. The summed E-state index contributed by atoms with van der Waals surface area (Å²) in [5, 5.41) is 10.7. The van der Waals surface area contributed by atoms with Gasteiger partial charge in [0.1, 0.15) is 0 Å². The zero-order valence-corrected chi connectivity index (χ0v) is 15.0. The van der Waals surface area contributed by atoms with E-state index in [1.54, 1.807) is 12.1 Å². The molecule has 1 amide bonds. The molecule has 3 rings (SSSR count). The molecule has 0 aliphatic heterocycles. The zero-order chi connectivity index (χ0) is 18.4. The first-order valence-electron chi connectivity index (χ1n) is 8.87. The number of anilines is 1. The molecular formula is C20H23N3O3. The van der Waals surface area contributed by atoms with Gasteiger partial charge in [0, 0.05) is 17.1 Å². The van der Waals surface area contributed by atoms with Crippen LogP contribution in [0.15, 0.2) is 42.5 Å². The second-order valence-electron chi connectivity index (χ2n) is 5.93. The van der Waals surface area contributed by atoms with Crippen LogP contribution in [0.5, 0.6) is 11.5 Å². The number of ether oxygens (including phenoxy) is 2. The summed E-state index contributed by atoms with van der Waals surface area (Å²) in [6, 6.07) is 12.9. The number of fused-ring (bicyclic) bond motifs is 1. The van der Waals surface area contributed by atoms with Crippen LogP contribution in [0.2, 0.25) is 0 Å². The van der Waals surface area contributed by atoms with Gasteiger partial charge in [-0.1, -0.05) is 32.0 Å². The third-order valence-electron chi connectivity index (χ3n) is 3.81. The van der Waals surface area contributed by atoms with Crippen molar-refractivity contribution >= 4 is 22.5 Å². The first-order valence-corrected chi connectivity index (χ1v) is 8.87. The summed E-state index contributed by atoms with van der Waals surface area (Å²) >= 11 is 0. The van der Waals surface area contributed by atoms with Gasteiger partial charge in [-0.3, -0.25) is 9.89 Å². The second kappa shape index (κ2) is 8.38. The summed E-state index contributed by atoms with van der Waals surface area (Å²) in [7, 11) is 0. The molecule has 26 heavy (non-hydrogen) atoms. The lowest BCUT2D eigenvalue weighted by Crippen LogP contribution is -2.13. The smallest absolute Gasteiger partial charge is 0.276 e. The Bertz CT molecular complexity index is 889. The van der Waals surface area contributed by atoms with Crippen molar-refractivity contribution in [1.29, 1.82) is 0 Å². The van der Waals surface area contributed by atoms with Gasteiger partial charge in [0.05, 0.1) is 18.7 Å². The molecule has 6 nitrogen and oxygen atoms in total. The van der Waals surface area contributed by atoms with Crippen molar-refractivity contribution < 1.29 is 14.3 Å². The summed E-state index contributed by atoms with van der Waals surface area (Å²) in [5.41, 5.74) is 1.83. The molecule has 0 bridgehead atoms. The molecule has 0 fully saturated rings. The molecule has 1 aromatic heterocycles. The van der Waals surface area contributed by atoms with Gasteiger partial charge in [0.25, 0.3) is 5.91 Å². The Balaban J connectivity index is 1.81. The maximum absolute atomic E-state index is 12.6. The molecule has 0 radical (unpaired) electrons. The number of nitrogens with one attached hydrogen (secondary N) is 2. The average molecular weight is 353 g/mol. The molecule has 0 atom stereocenters. The van der Waals surface area contributed by atoms with Crippen LogP contribution in [0.25, 0.3) is 10.9 Å². The largest absolute Gasteiger partial charge is 0.490 e. The maximum Gasteiger partial charge on any atom is 0.276 e. The number of hydrogen-bond acceptors (Lipinski definition) is 4. The third-order valence-corrected chi connectivity index (χ3v) is 3.81. The van der Waals surface area contributed by atoms with Crippen LogP contribution < -0.4 is 14.8 Å². The highest BCUT2D eigenvalue weighted by Gasteiger charge is 2.15. The van der Waals surface area contributed by atoms with E-state index in [4.69, 9.17) is 9.47 Å². The molecule has 0 saturated heterocycles. The van der Waals surface area contributed by atoms with Gasteiger partial charge < -0.3 is 14.8 Å². The molecule has 2 N–H and O–H groups in total. The molecule has 3 aromatic rings. The highest BCUT2D eigenvalue weighted by Crippen LogP contribution is 2.31. The molecule has 0 aliphatic carbocycles. The van der Waals surface area contributed by atoms with Gasteiger partial charge in [0.15, 0.2) is 17.2 Å². The van der Waals surface area contributed by atoms with E-state index in [1.165, 1.54) is 0 Å². The van der Waals surface area contributed by atoms with Crippen LogP contribution in [0.3, 0.4) is 0 Å². The van der Waals surface area contributed by atoms with Crippen LogP contribution in [0, 0.1) is 0 Å². The van der Waals surface area contributed by atoms with Gasteiger partial charge in [-0.25, -0.2) is 0 Å². The predicted octanol–water partition coefficient (Wildman–Crippen LogP) is 4.39. The van der Waals surface area contributed by atoms with Gasteiger partial charge >= 0.3 is 0 Å². The van der Waals surface area contributed by atoms with E-state index >= 15 is 0 Å². The Labute approximate surface area is 152 Å². The number of carbonyl (C=O) groups excluding carboxylic acids is 1. The molecule has 0 saturated carbocycles. The highest BCUT2D eigenvalue weighted by atomic mass is 16.5. The lowest BCUT2D eigenvalue weighted by molar-refractivity contribution is 0.102. The number of amides is 1. The van der Waals surface area contributed by atoms with Gasteiger partial charge in [-0.15, -0.1) is 0 Å². The lowest BCUT2D eigenvalue weighted by Gasteiger charge is -2.14. The Morgan fingerprint density at radius 2 is 1.77 bits per heavy atom. The molecule has 0 spiro atoms. The van der Waals surface area contributed by atoms with Crippen molar-refractivity contribution in [3.05, 3.63) is 48.2 Å². The fraction of sp³-hybridized carbons (Fsp3) is 0.300. The van der Waals surface area contributed by atoms with Crippen molar-refractivity contribution in [2.75, 3.05) is 18.5 Å². The molecule has 0 unspecified atom stereocenters. The van der Waals surface area contributed by atoms with E-state index in [-0.39, 0.29) is 5.91 Å². The van der Waals surface area contributed by atoms with Crippen molar-refractivity contribution in [1.82, 2.24) is 10.2 Å². The summed E-state index contributed by atoms with van der Waals surface area (Å²) in [6.45, 7) is 5.30. The van der Waals surface area contributed by atoms with Crippen LogP contribution in [0.4, 0.5) is 5.69 Å². The minimum absolute atomic E-state index is 0.272. The van der Waals surface area contributed by atoms with E-state index in [0.29, 0.717) is 36.1 Å². The predicted molar refractivity (Wildman–Crippen MR) is 102 cm³/mol. The number of aromatic nitrogens is 2. The van der Waals surface area contributed by atoms with Crippen LogP contribution in [0.1, 0.15) is 37.2 Å². The quantitative estimate of drug-likeness (QED) is 0.629. The SMILES string of the molecule is CCCOc1ccc(NC(=O)c2n[nH]c3ccccc23)cc1OCCC. The summed E-state index contributed by atoms with van der Waals surface area (Å²) in [6.07, 6.45) is 1.81. The fourth-order valence-corrected chi connectivity index (χ4v) is 2.57. The van der Waals surface area contributed by atoms with E-state index in [9.17, 15) is 4.79 Å². The first kappa shape index (κ1) is 17.8. The van der Waals surface area contributed by atoms with Crippen molar-refractivity contribution in [3.63, 3.8) is 0 Å². The zero-order valence-electron chi connectivity index (χ0n) is 15.0. The van der Waals surface area contributed by atoms with Crippen molar-refractivity contribution in [2.45, 2.75) is 26.7 Å². The third kappa shape index (κ3) is 3.96. The van der Waals surface area contributed by atoms with Crippen molar-refractivity contribution in [3.8, 4) is 11.5 Å². The maximum atomic E-state index is 12.6. The van der Waals surface area contributed by atoms with Gasteiger partial charge in [0.2, 0.25) is 0 Å². The Kier molecular flexibility index (Phi) is 5.73. The monoisotopic (exact) mass is 353 g/mol. The number of para-hydroxylation sites is 1. The minimum atomic E-state index is -0.272.